The smallest absolute Gasteiger partial charge is 0.149 e. The van der Waals surface area contributed by atoms with Gasteiger partial charge in [-0.2, -0.15) is 5.10 Å². The Morgan fingerprint density at radius 3 is 2.93 bits per heavy atom. The van der Waals surface area contributed by atoms with Gasteiger partial charge in [0, 0.05) is 11.8 Å². The van der Waals surface area contributed by atoms with Gasteiger partial charge in [-0.1, -0.05) is 0 Å². The first kappa shape index (κ1) is 8.83. The number of aliphatic hydroxyl groups is 1. The highest BCUT2D eigenvalue weighted by Gasteiger charge is 2.08. The van der Waals surface area contributed by atoms with Crippen molar-refractivity contribution in [2.75, 3.05) is 0 Å². The number of nitrogens with zero attached hydrogens (tertiary/aromatic N) is 2. The zero-order valence-corrected chi connectivity index (χ0v) is 7.24. The lowest BCUT2D eigenvalue weighted by molar-refractivity contribution is 0.276. The number of H-pyrrole nitrogens is 1. The number of hydrogen-bond acceptors (Lipinski definition) is 3. The molecule has 0 spiro atoms. The molecule has 0 bridgehead atoms. The van der Waals surface area contributed by atoms with Gasteiger partial charge < -0.3 is 5.11 Å². The molecule has 0 aliphatic carbocycles. The molecule has 2 aromatic rings. The van der Waals surface area contributed by atoms with Gasteiger partial charge in [-0.05, 0) is 12.1 Å². The van der Waals surface area contributed by atoms with Gasteiger partial charge >= 0.3 is 0 Å². The molecule has 0 fully saturated rings. The largest absolute Gasteiger partial charge is 0.390 e. The van der Waals surface area contributed by atoms with Crippen LogP contribution in [0.4, 0.5) is 4.39 Å². The van der Waals surface area contributed by atoms with E-state index in [2.05, 4.69) is 15.2 Å². The van der Waals surface area contributed by atoms with Crippen LogP contribution in [0, 0.1) is 5.82 Å². The minimum Gasteiger partial charge on any atom is -0.390 e. The standard InChI is InChI=1S/C9H8FN3O/c10-8-2-1-7(5-14)13-9(8)6-3-11-12-4-6/h1-4,14H,5H2,(H,11,12). The zero-order valence-electron chi connectivity index (χ0n) is 7.24. The van der Waals surface area contributed by atoms with E-state index in [-0.39, 0.29) is 12.3 Å². The van der Waals surface area contributed by atoms with Gasteiger partial charge in [0.05, 0.1) is 18.5 Å². The third kappa shape index (κ3) is 1.49. The average molecular weight is 193 g/mol. The molecule has 0 aliphatic rings. The predicted octanol–water partition coefficient (Wildman–Crippen LogP) is 1.10. The Morgan fingerprint density at radius 2 is 2.29 bits per heavy atom. The van der Waals surface area contributed by atoms with Crippen LogP contribution in [-0.2, 0) is 6.61 Å². The van der Waals surface area contributed by atoms with Crippen LogP contribution in [-0.4, -0.2) is 20.3 Å². The zero-order chi connectivity index (χ0) is 9.97. The van der Waals surface area contributed by atoms with Crippen molar-refractivity contribution in [1.29, 1.82) is 0 Å². The minimum absolute atomic E-state index is 0.199. The molecule has 0 saturated heterocycles. The van der Waals surface area contributed by atoms with E-state index in [0.29, 0.717) is 11.3 Å². The average Bonchev–Trinajstić information content (AvgIpc) is 2.71. The molecule has 0 radical (unpaired) electrons. The summed E-state index contributed by atoms with van der Waals surface area (Å²) < 4.78 is 13.3. The number of aromatic nitrogens is 3. The number of rotatable bonds is 2. The van der Waals surface area contributed by atoms with E-state index in [1.165, 1.54) is 18.3 Å². The van der Waals surface area contributed by atoms with Gasteiger partial charge in [0.15, 0.2) is 0 Å². The van der Waals surface area contributed by atoms with Crippen LogP contribution in [0.1, 0.15) is 5.69 Å². The molecule has 2 N–H and O–H groups in total. The Labute approximate surface area is 79.4 Å². The first-order valence-electron chi connectivity index (χ1n) is 4.06. The van der Waals surface area contributed by atoms with Crippen LogP contribution in [0.2, 0.25) is 0 Å². The quantitative estimate of drug-likeness (QED) is 0.750. The molecule has 4 nitrogen and oxygen atoms in total. The highest BCUT2D eigenvalue weighted by molar-refractivity contribution is 5.57. The summed E-state index contributed by atoms with van der Waals surface area (Å²) in [5.41, 5.74) is 1.20. The molecule has 2 heterocycles. The first-order chi connectivity index (χ1) is 6.81. The Kier molecular flexibility index (Phi) is 2.24. The SMILES string of the molecule is OCc1ccc(F)c(-c2cn[nH]c2)n1. The van der Waals surface area contributed by atoms with Crippen molar-refractivity contribution in [3.8, 4) is 11.3 Å². The Morgan fingerprint density at radius 1 is 1.43 bits per heavy atom. The molecule has 14 heavy (non-hydrogen) atoms. The summed E-state index contributed by atoms with van der Waals surface area (Å²) in [4.78, 5) is 3.95. The number of aromatic amines is 1. The maximum atomic E-state index is 13.3. The van der Waals surface area contributed by atoms with Crippen LogP contribution in [0.5, 0.6) is 0 Å². The molecular weight excluding hydrogens is 185 g/mol. The summed E-state index contributed by atoms with van der Waals surface area (Å²) in [6.45, 7) is -0.203. The summed E-state index contributed by atoms with van der Waals surface area (Å²) in [6.07, 6.45) is 3.03. The monoisotopic (exact) mass is 193 g/mol. The lowest BCUT2D eigenvalue weighted by Gasteiger charge is -2.01. The molecule has 0 atom stereocenters. The first-order valence-corrected chi connectivity index (χ1v) is 4.06. The highest BCUT2D eigenvalue weighted by atomic mass is 19.1. The fourth-order valence-electron chi connectivity index (χ4n) is 1.15. The van der Waals surface area contributed by atoms with Gasteiger partial charge in [-0.25, -0.2) is 9.37 Å². The van der Waals surface area contributed by atoms with Crippen LogP contribution >= 0.6 is 0 Å². The summed E-state index contributed by atoms with van der Waals surface area (Å²) >= 11 is 0. The predicted molar refractivity (Wildman–Crippen MR) is 47.7 cm³/mol. The third-order valence-corrected chi connectivity index (χ3v) is 1.84. The molecule has 2 rings (SSSR count). The molecule has 5 heteroatoms. The molecule has 0 aromatic carbocycles. The minimum atomic E-state index is -0.427. The van der Waals surface area contributed by atoms with E-state index in [4.69, 9.17) is 5.11 Å². The van der Waals surface area contributed by atoms with Crippen LogP contribution < -0.4 is 0 Å². The fraction of sp³-hybridized carbons (Fsp3) is 0.111. The summed E-state index contributed by atoms with van der Waals surface area (Å²) in [5, 5.41) is 15.1. The lowest BCUT2D eigenvalue weighted by atomic mass is 10.2. The topological polar surface area (TPSA) is 61.8 Å². The molecule has 0 aliphatic heterocycles. The van der Waals surface area contributed by atoms with E-state index in [9.17, 15) is 4.39 Å². The van der Waals surface area contributed by atoms with Crippen molar-refractivity contribution < 1.29 is 9.50 Å². The van der Waals surface area contributed by atoms with Crippen LogP contribution in [0.15, 0.2) is 24.5 Å². The number of aliphatic hydroxyl groups excluding tert-OH is 1. The molecule has 0 unspecified atom stereocenters. The third-order valence-electron chi connectivity index (χ3n) is 1.84. The lowest BCUT2D eigenvalue weighted by Crippen LogP contribution is -1.94. The fourth-order valence-corrected chi connectivity index (χ4v) is 1.15. The van der Waals surface area contributed by atoms with Gasteiger partial charge in [0.1, 0.15) is 11.5 Å². The van der Waals surface area contributed by atoms with E-state index in [1.807, 2.05) is 0 Å². The maximum absolute atomic E-state index is 13.3. The number of halogens is 1. The summed E-state index contributed by atoms with van der Waals surface area (Å²) in [6, 6.07) is 2.72. The normalized spacial score (nSPS) is 10.4. The van der Waals surface area contributed by atoms with E-state index in [0.717, 1.165) is 0 Å². The van der Waals surface area contributed by atoms with E-state index < -0.39 is 5.82 Å². The van der Waals surface area contributed by atoms with Crippen molar-refractivity contribution in [2.24, 2.45) is 0 Å². The highest BCUT2D eigenvalue weighted by Crippen LogP contribution is 2.19. The summed E-state index contributed by atoms with van der Waals surface area (Å²) in [5.74, 6) is -0.427. The molecule has 72 valence electrons. The van der Waals surface area contributed by atoms with Gasteiger partial charge in [0.25, 0.3) is 0 Å². The van der Waals surface area contributed by atoms with Gasteiger partial charge in [0.2, 0.25) is 0 Å². The van der Waals surface area contributed by atoms with Crippen LogP contribution in [0.25, 0.3) is 11.3 Å². The number of hydrogen-bond donors (Lipinski definition) is 2. The Balaban J connectivity index is 2.51. The second-order valence-electron chi connectivity index (χ2n) is 2.78. The number of pyridine rings is 1. The summed E-state index contributed by atoms with van der Waals surface area (Å²) in [7, 11) is 0. The van der Waals surface area contributed by atoms with E-state index in [1.54, 1.807) is 6.20 Å². The van der Waals surface area contributed by atoms with Crippen molar-refractivity contribution in [2.45, 2.75) is 6.61 Å². The van der Waals surface area contributed by atoms with Crippen LogP contribution in [0.3, 0.4) is 0 Å². The van der Waals surface area contributed by atoms with Crippen molar-refractivity contribution >= 4 is 0 Å². The molecule has 0 saturated carbocycles. The molecular formula is C9H8FN3O. The number of nitrogens with one attached hydrogen (secondary N) is 1. The van der Waals surface area contributed by atoms with Crippen molar-refractivity contribution in [1.82, 2.24) is 15.2 Å². The van der Waals surface area contributed by atoms with E-state index >= 15 is 0 Å². The molecule has 0 amide bonds. The Bertz CT molecular complexity index is 428. The second kappa shape index (κ2) is 3.55. The molecule has 2 aromatic heterocycles. The Hall–Kier alpha value is -1.75. The van der Waals surface area contributed by atoms with Gasteiger partial charge in [-0.3, -0.25) is 5.10 Å². The van der Waals surface area contributed by atoms with Crippen molar-refractivity contribution in [3.05, 3.63) is 36.0 Å². The van der Waals surface area contributed by atoms with Crippen molar-refractivity contribution in [3.63, 3.8) is 0 Å². The maximum Gasteiger partial charge on any atom is 0.149 e. The van der Waals surface area contributed by atoms with Gasteiger partial charge in [-0.15, -0.1) is 0 Å². The second-order valence-corrected chi connectivity index (χ2v) is 2.78.